The second-order valence-corrected chi connectivity index (χ2v) is 7.70. The molecule has 2 nitrogen and oxygen atoms in total. The van der Waals surface area contributed by atoms with Gasteiger partial charge in [-0.3, -0.25) is 0 Å². The number of aryl methyl sites for hydroxylation is 1. The Bertz CT molecular complexity index is 603. The standard InChI is InChI=1S/C20H24O2/c1-3-14-8-17-11-20(10-16(14)9-18(17)12-20)22-19(21)15-6-4-13(2)5-7-15/h3-7,14,16-18H,1,8-12H2,2H3. The van der Waals surface area contributed by atoms with Gasteiger partial charge in [-0.05, 0) is 74.8 Å². The van der Waals surface area contributed by atoms with Gasteiger partial charge >= 0.3 is 5.97 Å². The maximum absolute atomic E-state index is 12.5. The first-order chi connectivity index (χ1) is 10.6. The van der Waals surface area contributed by atoms with Crippen molar-refractivity contribution in [3.05, 3.63) is 48.0 Å². The molecular weight excluding hydrogens is 272 g/mol. The van der Waals surface area contributed by atoms with Crippen LogP contribution in [0, 0.1) is 30.6 Å². The lowest BCUT2D eigenvalue weighted by molar-refractivity contribution is -0.0436. The number of carbonyl (C=O) groups excluding carboxylic acids is 1. The molecule has 0 heterocycles. The van der Waals surface area contributed by atoms with E-state index >= 15 is 0 Å². The number of rotatable bonds is 3. The quantitative estimate of drug-likeness (QED) is 0.605. The number of hydrogen-bond donors (Lipinski definition) is 0. The highest BCUT2D eigenvalue weighted by Gasteiger charge is 2.57. The molecule has 0 spiro atoms. The zero-order valence-corrected chi connectivity index (χ0v) is 13.3. The zero-order chi connectivity index (χ0) is 15.3. The van der Waals surface area contributed by atoms with Crippen LogP contribution in [0.5, 0.6) is 0 Å². The summed E-state index contributed by atoms with van der Waals surface area (Å²) in [7, 11) is 0. The molecule has 0 saturated heterocycles. The smallest absolute Gasteiger partial charge is 0.338 e. The van der Waals surface area contributed by atoms with Crippen molar-refractivity contribution in [2.24, 2.45) is 23.7 Å². The van der Waals surface area contributed by atoms with Crippen LogP contribution in [0.15, 0.2) is 36.9 Å². The van der Waals surface area contributed by atoms with E-state index in [1.165, 1.54) is 18.4 Å². The van der Waals surface area contributed by atoms with Gasteiger partial charge in [0.05, 0.1) is 5.56 Å². The van der Waals surface area contributed by atoms with E-state index in [4.69, 9.17) is 4.74 Å². The molecule has 3 bridgehead atoms. The fraction of sp³-hybridized carbons (Fsp3) is 0.550. The molecule has 5 unspecified atom stereocenters. The zero-order valence-electron chi connectivity index (χ0n) is 13.3. The van der Waals surface area contributed by atoms with Crippen LogP contribution in [0.4, 0.5) is 0 Å². The van der Waals surface area contributed by atoms with Crippen molar-refractivity contribution in [1.82, 2.24) is 0 Å². The highest BCUT2D eigenvalue weighted by Crippen LogP contribution is 2.60. The summed E-state index contributed by atoms with van der Waals surface area (Å²) >= 11 is 0. The Morgan fingerprint density at radius 2 is 1.77 bits per heavy atom. The van der Waals surface area contributed by atoms with Crippen molar-refractivity contribution in [1.29, 1.82) is 0 Å². The Labute approximate surface area is 132 Å². The lowest BCUT2D eigenvalue weighted by Gasteiger charge is -2.42. The average molecular weight is 296 g/mol. The molecule has 0 aromatic heterocycles. The van der Waals surface area contributed by atoms with E-state index in [0.717, 1.165) is 31.1 Å². The topological polar surface area (TPSA) is 26.3 Å². The molecule has 1 aromatic carbocycles. The average Bonchev–Trinajstić information content (AvgIpc) is 2.67. The highest BCUT2D eigenvalue weighted by atomic mass is 16.6. The minimum Gasteiger partial charge on any atom is -0.455 e. The van der Waals surface area contributed by atoms with Gasteiger partial charge in [-0.2, -0.15) is 0 Å². The summed E-state index contributed by atoms with van der Waals surface area (Å²) in [6.45, 7) is 6.05. The van der Waals surface area contributed by atoms with E-state index in [1.54, 1.807) is 0 Å². The molecule has 3 fully saturated rings. The minimum absolute atomic E-state index is 0.142. The van der Waals surface area contributed by atoms with Crippen molar-refractivity contribution >= 4 is 5.97 Å². The van der Waals surface area contributed by atoms with E-state index in [2.05, 4.69) is 12.7 Å². The predicted octanol–water partition coefficient (Wildman–Crippen LogP) is 4.53. The van der Waals surface area contributed by atoms with Crippen LogP contribution >= 0.6 is 0 Å². The molecule has 4 rings (SSSR count). The maximum Gasteiger partial charge on any atom is 0.338 e. The molecule has 5 atom stereocenters. The molecule has 0 amide bonds. The summed E-state index contributed by atoms with van der Waals surface area (Å²) in [4.78, 5) is 12.5. The van der Waals surface area contributed by atoms with Gasteiger partial charge in [-0.15, -0.1) is 6.58 Å². The van der Waals surface area contributed by atoms with Crippen LogP contribution in [0.3, 0.4) is 0 Å². The first kappa shape index (κ1) is 14.0. The number of esters is 1. The molecule has 2 heteroatoms. The summed E-state index contributed by atoms with van der Waals surface area (Å²) in [5, 5.41) is 0. The molecule has 116 valence electrons. The minimum atomic E-state index is -0.196. The van der Waals surface area contributed by atoms with Crippen LogP contribution in [-0.2, 0) is 4.74 Å². The molecule has 0 N–H and O–H groups in total. The Morgan fingerprint density at radius 1 is 1.14 bits per heavy atom. The second-order valence-electron chi connectivity index (χ2n) is 7.70. The van der Waals surface area contributed by atoms with Crippen LogP contribution in [-0.4, -0.2) is 11.6 Å². The summed E-state index contributed by atoms with van der Waals surface area (Å²) in [5.74, 6) is 2.65. The molecule has 0 aliphatic heterocycles. The van der Waals surface area contributed by atoms with E-state index < -0.39 is 0 Å². The second kappa shape index (κ2) is 4.97. The monoisotopic (exact) mass is 296 g/mol. The molecular formula is C20H24O2. The van der Waals surface area contributed by atoms with Gasteiger partial charge in [0.2, 0.25) is 0 Å². The number of hydrogen-bond acceptors (Lipinski definition) is 2. The summed E-state index contributed by atoms with van der Waals surface area (Å²) < 4.78 is 6.10. The number of allylic oxidation sites excluding steroid dienone is 1. The van der Waals surface area contributed by atoms with Gasteiger partial charge in [0.1, 0.15) is 5.60 Å². The molecule has 3 saturated carbocycles. The van der Waals surface area contributed by atoms with E-state index in [1.807, 2.05) is 31.2 Å². The summed E-state index contributed by atoms with van der Waals surface area (Å²) in [6, 6.07) is 7.71. The van der Waals surface area contributed by atoms with Crippen LogP contribution < -0.4 is 0 Å². The first-order valence-corrected chi connectivity index (χ1v) is 8.51. The van der Waals surface area contributed by atoms with Crippen molar-refractivity contribution in [2.75, 3.05) is 0 Å². The van der Waals surface area contributed by atoms with Crippen molar-refractivity contribution in [3.8, 4) is 0 Å². The molecule has 1 aromatic rings. The van der Waals surface area contributed by atoms with Gasteiger partial charge in [0.15, 0.2) is 0 Å². The van der Waals surface area contributed by atoms with E-state index in [0.29, 0.717) is 17.4 Å². The Kier molecular flexibility index (Phi) is 3.18. The van der Waals surface area contributed by atoms with Crippen LogP contribution in [0.25, 0.3) is 0 Å². The molecule has 3 aliphatic rings. The van der Waals surface area contributed by atoms with Crippen molar-refractivity contribution in [2.45, 2.75) is 44.6 Å². The third kappa shape index (κ3) is 2.20. The molecule has 3 aliphatic carbocycles. The van der Waals surface area contributed by atoms with Crippen molar-refractivity contribution in [3.63, 3.8) is 0 Å². The summed E-state index contributed by atoms with van der Waals surface area (Å²) in [6.07, 6.45) is 7.88. The lowest BCUT2D eigenvalue weighted by Crippen LogP contribution is -2.40. The van der Waals surface area contributed by atoms with Gasteiger partial charge in [-0.1, -0.05) is 23.8 Å². The predicted molar refractivity (Wildman–Crippen MR) is 86.6 cm³/mol. The Hall–Kier alpha value is -1.57. The number of benzene rings is 1. The van der Waals surface area contributed by atoms with Gasteiger partial charge in [0, 0.05) is 0 Å². The summed E-state index contributed by atoms with van der Waals surface area (Å²) in [5.41, 5.74) is 1.65. The first-order valence-electron chi connectivity index (χ1n) is 8.51. The number of carbonyl (C=O) groups is 1. The number of fused-ring (bicyclic) bond motifs is 2. The van der Waals surface area contributed by atoms with Crippen LogP contribution in [0.2, 0.25) is 0 Å². The third-order valence-electron chi connectivity index (χ3n) is 6.25. The molecule has 0 radical (unpaired) electrons. The SMILES string of the molecule is C=CC1CC2CC3(OC(=O)c4ccc(C)cc4)CC1CC2C3. The van der Waals surface area contributed by atoms with Gasteiger partial charge in [0.25, 0.3) is 0 Å². The third-order valence-corrected chi connectivity index (χ3v) is 6.25. The largest absolute Gasteiger partial charge is 0.455 e. The van der Waals surface area contributed by atoms with Gasteiger partial charge < -0.3 is 4.74 Å². The fourth-order valence-corrected chi connectivity index (χ4v) is 5.27. The van der Waals surface area contributed by atoms with E-state index in [9.17, 15) is 4.79 Å². The maximum atomic E-state index is 12.5. The number of ether oxygens (including phenoxy) is 1. The van der Waals surface area contributed by atoms with Gasteiger partial charge in [-0.25, -0.2) is 4.79 Å². The normalized spacial score (nSPS) is 38.8. The molecule has 22 heavy (non-hydrogen) atoms. The highest BCUT2D eigenvalue weighted by molar-refractivity contribution is 5.89. The lowest BCUT2D eigenvalue weighted by atomic mass is 9.66. The Balaban J connectivity index is 1.54. The fourth-order valence-electron chi connectivity index (χ4n) is 5.27. The Morgan fingerprint density at radius 3 is 2.45 bits per heavy atom. The van der Waals surface area contributed by atoms with Crippen LogP contribution in [0.1, 0.15) is 48.0 Å². The van der Waals surface area contributed by atoms with E-state index in [-0.39, 0.29) is 11.6 Å². The van der Waals surface area contributed by atoms with Crippen molar-refractivity contribution < 1.29 is 9.53 Å².